The Balaban J connectivity index is 1.37. The largest absolute Gasteiger partial charge is 0.307 e. The fourth-order valence-electron chi connectivity index (χ4n) is 4.08. The highest BCUT2D eigenvalue weighted by atomic mass is 16.1. The third-order valence-electron chi connectivity index (χ3n) is 5.77. The van der Waals surface area contributed by atoms with E-state index >= 15 is 0 Å². The summed E-state index contributed by atoms with van der Waals surface area (Å²) in [5.74, 6) is 0.573. The van der Waals surface area contributed by atoms with Crippen molar-refractivity contribution in [1.82, 2.24) is 15.1 Å². The van der Waals surface area contributed by atoms with Crippen LogP contribution >= 0.6 is 0 Å². The molecule has 1 aliphatic rings. The molecule has 0 saturated carbocycles. The smallest absolute Gasteiger partial charge is 0.257 e. The zero-order valence-electron chi connectivity index (χ0n) is 16.2. The molecule has 0 spiro atoms. The lowest BCUT2D eigenvalue weighted by Gasteiger charge is -2.24. The molecule has 0 radical (unpaired) electrons. The Hall–Kier alpha value is -3.44. The number of rotatable bonds is 4. The van der Waals surface area contributed by atoms with E-state index in [1.54, 1.807) is 0 Å². The second-order valence-corrected chi connectivity index (χ2v) is 7.50. The molecular weight excluding hydrogens is 360 g/mol. The minimum absolute atomic E-state index is 0.122. The summed E-state index contributed by atoms with van der Waals surface area (Å²) in [6.45, 7) is 3.73. The molecule has 1 amide bonds. The van der Waals surface area contributed by atoms with E-state index in [0.717, 1.165) is 35.1 Å². The molecule has 1 aliphatic heterocycles. The Morgan fingerprint density at radius 1 is 1.00 bits per heavy atom. The van der Waals surface area contributed by atoms with Crippen LogP contribution in [0.3, 0.4) is 0 Å². The average molecular weight is 382 g/mol. The number of hydrogen-bond acceptors (Lipinski definition) is 3. The lowest BCUT2D eigenvalue weighted by molar-refractivity contribution is 0.102. The number of fused-ring (bicyclic) bond motifs is 2. The van der Waals surface area contributed by atoms with Crippen molar-refractivity contribution in [3.8, 4) is 0 Å². The molecule has 0 fully saturated rings. The zero-order chi connectivity index (χ0) is 19.8. The topological polar surface area (TPSA) is 61.0 Å². The summed E-state index contributed by atoms with van der Waals surface area (Å²) < 4.78 is 0. The minimum Gasteiger partial charge on any atom is -0.307 e. The van der Waals surface area contributed by atoms with E-state index in [1.165, 1.54) is 5.56 Å². The van der Waals surface area contributed by atoms with Gasteiger partial charge >= 0.3 is 0 Å². The molecule has 5 nitrogen and oxygen atoms in total. The molecule has 3 aromatic carbocycles. The van der Waals surface area contributed by atoms with Gasteiger partial charge in [-0.15, -0.1) is 0 Å². The van der Waals surface area contributed by atoms with Crippen LogP contribution in [-0.4, -0.2) is 21.0 Å². The Morgan fingerprint density at radius 2 is 1.76 bits per heavy atom. The molecule has 1 aromatic heterocycles. The van der Waals surface area contributed by atoms with Gasteiger partial charge in [0.2, 0.25) is 0 Å². The van der Waals surface area contributed by atoms with Crippen molar-refractivity contribution in [2.24, 2.45) is 0 Å². The van der Waals surface area contributed by atoms with Gasteiger partial charge in [0.1, 0.15) is 5.82 Å². The number of hydrogen-bond donors (Lipinski definition) is 2. The number of aromatic nitrogens is 2. The minimum atomic E-state index is -0.122. The summed E-state index contributed by atoms with van der Waals surface area (Å²) in [5, 5.41) is 12.5. The number of aromatic amines is 1. The molecule has 4 aromatic rings. The van der Waals surface area contributed by atoms with E-state index in [-0.39, 0.29) is 11.9 Å². The molecule has 0 bridgehead atoms. The monoisotopic (exact) mass is 382 g/mol. The highest BCUT2D eigenvalue weighted by molar-refractivity contribution is 6.12. The van der Waals surface area contributed by atoms with Crippen molar-refractivity contribution in [1.29, 1.82) is 0 Å². The Kier molecular flexibility index (Phi) is 4.37. The number of H-pyrrole nitrogens is 1. The maximum Gasteiger partial charge on any atom is 0.257 e. The third kappa shape index (κ3) is 3.19. The molecule has 0 saturated heterocycles. The van der Waals surface area contributed by atoms with Gasteiger partial charge in [-0.2, -0.15) is 5.10 Å². The summed E-state index contributed by atoms with van der Waals surface area (Å²) in [6.07, 6.45) is 0. The van der Waals surface area contributed by atoms with Crippen molar-refractivity contribution < 1.29 is 4.79 Å². The van der Waals surface area contributed by atoms with Gasteiger partial charge in [-0.1, -0.05) is 66.7 Å². The lowest BCUT2D eigenvalue weighted by atomic mass is 10.0. The van der Waals surface area contributed by atoms with Gasteiger partial charge in [0.25, 0.3) is 5.91 Å². The standard InChI is InChI=1S/C24H22N4O/c1-16(17-8-3-2-4-9-17)28-14-21-22(15-28)26-27-23(21)25-24(29)20-13-7-11-18-10-5-6-12-19(18)20/h2-13,16H,14-15H2,1H3,(H2,25,26,27,29). The number of benzene rings is 3. The van der Waals surface area contributed by atoms with Crippen molar-refractivity contribution in [2.45, 2.75) is 26.1 Å². The summed E-state index contributed by atoms with van der Waals surface area (Å²) in [7, 11) is 0. The second kappa shape index (κ2) is 7.18. The van der Waals surface area contributed by atoms with Gasteiger partial charge in [-0.25, -0.2) is 0 Å². The van der Waals surface area contributed by atoms with Gasteiger partial charge in [0, 0.05) is 30.3 Å². The van der Waals surface area contributed by atoms with Crippen LogP contribution < -0.4 is 5.32 Å². The van der Waals surface area contributed by atoms with E-state index < -0.39 is 0 Å². The van der Waals surface area contributed by atoms with Crippen molar-refractivity contribution in [3.05, 3.63) is 95.2 Å². The maximum absolute atomic E-state index is 13.0. The first kappa shape index (κ1) is 17.6. The van der Waals surface area contributed by atoms with Gasteiger partial charge in [-0.3, -0.25) is 14.8 Å². The normalized spacial score (nSPS) is 14.7. The Labute approximate surface area is 169 Å². The van der Waals surface area contributed by atoms with E-state index in [4.69, 9.17) is 0 Å². The number of carbonyl (C=O) groups excluding carboxylic acids is 1. The molecule has 1 atom stereocenters. The number of nitrogens with zero attached hydrogens (tertiary/aromatic N) is 2. The highest BCUT2D eigenvalue weighted by Gasteiger charge is 2.29. The van der Waals surface area contributed by atoms with Crippen LogP contribution in [0.4, 0.5) is 5.82 Å². The molecule has 2 N–H and O–H groups in total. The van der Waals surface area contributed by atoms with Crippen LogP contribution in [0.5, 0.6) is 0 Å². The molecule has 1 unspecified atom stereocenters. The average Bonchev–Trinajstić information content (AvgIpc) is 3.35. The first-order valence-corrected chi connectivity index (χ1v) is 9.85. The molecule has 144 valence electrons. The van der Waals surface area contributed by atoms with Crippen LogP contribution in [0.25, 0.3) is 10.8 Å². The van der Waals surface area contributed by atoms with Crippen LogP contribution in [0, 0.1) is 0 Å². The molecular formula is C24H22N4O. The van der Waals surface area contributed by atoms with Crippen LogP contribution in [0.1, 0.15) is 40.1 Å². The van der Waals surface area contributed by atoms with Crippen LogP contribution in [-0.2, 0) is 13.1 Å². The van der Waals surface area contributed by atoms with Gasteiger partial charge in [0.15, 0.2) is 0 Å². The fraction of sp³-hybridized carbons (Fsp3) is 0.167. The molecule has 0 aliphatic carbocycles. The van der Waals surface area contributed by atoms with E-state index in [9.17, 15) is 4.79 Å². The molecule has 5 rings (SSSR count). The quantitative estimate of drug-likeness (QED) is 0.528. The molecule has 2 heterocycles. The Morgan fingerprint density at radius 3 is 2.62 bits per heavy atom. The van der Waals surface area contributed by atoms with E-state index in [2.05, 4.69) is 51.6 Å². The number of carbonyl (C=O) groups is 1. The number of nitrogens with one attached hydrogen (secondary N) is 2. The molecule has 5 heteroatoms. The van der Waals surface area contributed by atoms with Crippen LogP contribution in [0.15, 0.2) is 72.8 Å². The lowest BCUT2D eigenvalue weighted by Crippen LogP contribution is -2.22. The van der Waals surface area contributed by atoms with Crippen molar-refractivity contribution in [3.63, 3.8) is 0 Å². The summed E-state index contributed by atoms with van der Waals surface area (Å²) in [6, 6.07) is 24.5. The maximum atomic E-state index is 13.0. The summed E-state index contributed by atoms with van der Waals surface area (Å²) >= 11 is 0. The number of anilines is 1. The molecule has 29 heavy (non-hydrogen) atoms. The number of amides is 1. The fourth-order valence-corrected chi connectivity index (χ4v) is 4.08. The summed E-state index contributed by atoms with van der Waals surface area (Å²) in [4.78, 5) is 15.4. The predicted molar refractivity (Wildman–Crippen MR) is 115 cm³/mol. The van der Waals surface area contributed by atoms with Crippen molar-refractivity contribution >= 4 is 22.5 Å². The second-order valence-electron chi connectivity index (χ2n) is 7.50. The SMILES string of the molecule is CC(c1ccccc1)N1Cc2n[nH]c(NC(=O)c3cccc4ccccc34)c2C1. The van der Waals surface area contributed by atoms with E-state index in [0.29, 0.717) is 11.4 Å². The first-order valence-electron chi connectivity index (χ1n) is 9.85. The summed E-state index contributed by atoms with van der Waals surface area (Å²) in [5.41, 5.74) is 4.02. The van der Waals surface area contributed by atoms with Gasteiger partial charge in [0.05, 0.1) is 5.69 Å². The van der Waals surface area contributed by atoms with Crippen molar-refractivity contribution in [2.75, 3.05) is 5.32 Å². The highest BCUT2D eigenvalue weighted by Crippen LogP contribution is 2.33. The van der Waals surface area contributed by atoms with E-state index in [1.807, 2.05) is 48.5 Å². The third-order valence-corrected chi connectivity index (χ3v) is 5.77. The zero-order valence-corrected chi connectivity index (χ0v) is 16.2. The Bertz CT molecular complexity index is 1180. The van der Waals surface area contributed by atoms with Gasteiger partial charge in [-0.05, 0) is 29.3 Å². The first-order chi connectivity index (χ1) is 14.2. The van der Waals surface area contributed by atoms with Crippen LogP contribution in [0.2, 0.25) is 0 Å². The van der Waals surface area contributed by atoms with Gasteiger partial charge < -0.3 is 5.32 Å². The predicted octanol–water partition coefficient (Wildman–Crippen LogP) is 4.89.